The number of aromatic amines is 1. The number of nitrogens with one attached hydrogen (secondary N) is 2. The van der Waals surface area contributed by atoms with Crippen LogP contribution >= 0.6 is 0 Å². The summed E-state index contributed by atoms with van der Waals surface area (Å²) in [5.41, 5.74) is 9.34. The van der Waals surface area contributed by atoms with E-state index in [1.807, 2.05) is 0 Å². The molecule has 142 valence electrons. The van der Waals surface area contributed by atoms with Crippen LogP contribution in [0, 0.1) is 0 Å². The molecule has 0 atom stereocenters. The van der Waals surface area contributed by atoms with Gasteiger partial charge in [-0.2, -0.15) is 0 Å². The molecule has 1 fully saturated rings. The van der Waals surface area contributed by atoms with E-state index < -0.39 is 0 Å². The van der Waals surface area contributed by atoms with Crippen molar-refractivity contribution in [3.63, 3.8) is 0 Å². The molecule has 0 spiro atoms. The molecule has 2 heterocycles. The van der Waals surface area contributed by atoms with Crippen molar-refractivity contribution in [3.05, 3.63) is 56.4 Å². The first-order valence-corrected chi connectivity index (χ1v) is 10.6. The molecule has 0 saturated carbocycles. The molecule has 0 unspecified atom stereocenters. The predicted octanol–water partition coefficient (Wildman–Crippen LogP) is 2.81. The summed E-state index contributed by atoms with van der Waals surface area (Å²) in [5.74, 6) is 0. The van der Waals surface area contributed by atoms with Gasteiger partial charge in [0.2, 0.25) is 0 Å². The third kappa shape index (κ3) is 3.15. The lowest BCUT2D eigenvalue weighted by atomic mass is 9.86. The Hall–Kier alpha value is -1.91. The second-order valence-electron chi connectivity index (χ2n) is 8.29. The largest absolute Gasteiger partial charge is 0.321 e. The number of benzene rings is 1. The van der Waals surface area contributed by atoms with Crippen LogP contribution in [0.15, 0.2) is 23.0 Å². The molecule has 5 rings (SSSR count). The molecule has 2 aliphatic carbocycles. The van der Waals surface area contributed by atoms with Crippen LogP contribution in [0.25, 0.3) is 11.3 Å². The average Bonchev–Trinajstić information content (AvgIpc) is 2.90. The molecule has 1 aromatic heterocycles. The lowest BCUT2D eigenvalue weighted by Gasteiger charge is -2.28. The first-order valence-electron chi connectivity index (χ1n) is 10.6. The van der Waals surface area contributed by atoms with Crippen LogP contribution in [0.2, 0.25) is 0 Å². The smallest absolute Gasteiger partial charge is 0.251 e. The van der Waals surface area contributed by atoms with Crippen LogP contribution in [0.5, 0.6) is 0 Å². The molecular formula is C23H29N3O. The fraction of sp³-hybridized carbons (Fsp3) is 0.522. The first-order chi connectivity index (χ1) is 13.3. The van der Waals surface area contributed by atoms with E-state index in [1.54, 1.807) is 0 Å². The number of rotatable bonds is 2. The van der Waals surface area contributed by atoms with E-state index in [9.17, 15) is 4.79 Å². The second kappa shape index (κ2) is 7.25. The molecule has 27 heavy (non-hydrogen) atoms. The summed E-state index contributed by atoms with van der Waals surface area (Å²) in [6.45, 7) is 5.42. The first kappa shape index (κ1) is 17.2. The lowest BCUT2D eigenvalue weighted by molar-refractivity contribution is 0.232. The second-order valence-corrected chi connectivity index (χ2v) is 8.29. The molecule has 2 N–H and O–H groups in total. The fourth-order valence-electron chi connectivity index (χ4n) is 5.27. The summed E-state index contributed by atoms with van der Waals surface area (Å²) >= 11 is 0. The number of piperazine rings is 1. The van der Waals surface area contributed by atoms with Gasteiger partial charge in [-0.1, -0.05) is 18.2 Å². The maximum atomic E-state index is 12.8. The van der Waals surface area contributed by atoms with Gasteiger partial charge >= 0.3 is 0 Å². The molecular weight excluding hydrogens is 334 g/mol. The normalized spacial score (nSPS) is 19.7. The molecule has 1 aliphatic heterocycles. The summed E-state index contributed by atoms with van der Waals surface area (Å²) in [6, 6.07) is 6.71. The molecule has 0 amide bonds. The SMILES string of the molecule is O=c1[nH]c2c(c3c1CCCC3)CCCc1c(CN3CCNCC3)cccc1-2. The van der Waals surface area contributed by atoms with Gasteiger partial charge in [-0.15, -0.1) is 0 Å². The van der Waals surface area contributed by atoms with Crippen LogP contribution < -0.4 is 10.9 Å². The van der Waals surface area contributed by atoms with Crippen LogP contribution in [-0.2, 0) is 32.2 Å². The monoisotopic (exact) mass is 363 g/mol. The minimum absolute atomic E-state index is 0.156. The highest BCUT2D eigenvalue weighted by Crippen LogP contribution is 2.36. The van der Waals surface area contributed by atoms with Crippen molar-refractivity contribution >= 4 is 0 Å². The maximum absolute atomic E-state index is 12.8. The van der Waals surface area contributed by atoms with E-state index in [1.165, 1.54) is 40.7 Å². The van der Waals surface area contributed by atoms with Crippen molar-refractivity contribution in [1.29, 1.82) is 0 Å². The molecule has 3 aliphatic rings. The van der Waals surface area contributed by atoms with Gasteiger partial charge in [0, 0.05) is 43.9 Å². The third-order valence-corrected chi connectivity index (χ3v) is 6.65. The number of H-pyrrole nitrogens is 1. The quantitative estimate of drug-likeness (QED) is 0.863. The van der Waals surface area contributed by atoms with Crippen molar-refractivity contribution < 1.29 is 0 Å². The highest BCUT2D eigenvalue weighted by molar-refractivity contribution is 5.71. The van der Waals surface area contributed by atoms with Gasteiger partial charge in [-0.25, -0.2) is 0 Å². The Kier molecular flexibility index (Phi) is 4.62. The van der Waals surface area contributed by atoms with Gasteiger partial charge in [0.1, 0.15) is 0 Å². The van der Waals surface area contributed by atoms with E-state index in [-0.39, 0.29) is 5.56 Å². The van der Waals surface area contributed by atoms with E-state index in [2.05, 4.69) is 33.4 Å². The topological polar surface area (TPSA) is 48.1 Å². The summed E-state index contributed by atoms with van der Waals surface area (Å²) in [7, 11) is 0. The number of pyridine rings is 1. The molecule has 4 nitrogen and oxygen atoms in total. The summed E-state index contributed by atoms with van der Waals surface area (Å²) < 4.78 is 0. The molecule has 4 heteroatoms. The standard InChI is InChI=1S/C23H29N3O/c27-23-21-7-2-1-6-18(21)20-10-4-8-17-16(15-26-13-11-24-12-14-26)5-3-9-19(17)22(20)25-23/h3,5,9,24H,1-2,4,6-8,10-15H2,(H,25,27). The number of fused-ring (bicyclic) bond motifs is 5. The zero-order valence-corrected chi connectivity index (χ0v) is 16.1. The molecule has 1 aromatic carbocycles. The predicted molar refractivity (Wildman–Crippen MR) is 109 cm³/mol. The van der Waals surface area contributed by atoms with Crippen molar-refractivity contribution in [1.82, 2.24) is 15.2 Å². The minimum atomic E-state index is 0.156. The van der Waals surface area contributed by atoms with E-state index in [4.69, 9.17) is 0 Å². The lowest BCUT2D eigenvalue weighted by Crippen LogP contribution is -2.43. The molecule has 0 bridgehead atoms. The summed E-state index contributed by atoms with van der Waals surface area (Å²) in [4.78, 5) is 18.6. The maximum Gasteiger partial charge on any atom is 0.251 e. The Morgan fingerprint density at radius 1 is 0.852 bits per heavy atom. The van der Waals surface area contributed by atoms with Crippen LogP contribution in [-0.4, -0.2) is 36.1 Å². The van der Waals surface area contributed by atoms with Gasteiger partial charge in [-0.3, -0.25) is 9.69 Å². The Morgan fingerprint density at radius 3 is 2.44 bits per heavy atom. The van der Waals surface area contributed by atoms with Crippen LogP contribution in [0.1, 0.15) is 47.1 Å². The molecule has 0 radical (unpaired) electrons. The number of hydrogen-bond donors (Lipinski definition) is 2. The van der Waals surface area contributed by atoms with Gasteiger partial charge < -0.3 is 10.3 Å². The van der Waals surface area contributed by atoms with E-state index >= 15 is 0 Å². The van der Waals surface area contributed by atoms with E-state index in [0.29, 0.717) is 0 Å². The Bertz CT molecular complexity index is 909. The summed E-state index contributed by atoms with van der Waals surface area (Å²) in [6.07, 6.45) is 7.79. The van der Waals surface area contributed by atoms with Gasteiger partial charge in [0.15, 0.2) is 0 Å². The van der Waals surface area contributed by atoms with Gasteiger partial charge in [0.25, 0.3) is 5.56 Å². The molecule has 1 saturated heterocycles. The van der Waals surface area contributed by atoms with Crippen LogP contribution in [0.3, 0.4) is 0 Å². The number of hydrogen-bond acceptors (Lipinski definition) is 3. The molecule has 2 aromatic rings. The minimum Gasteiger partial charge on any atom is -0.321 e. The van der Waals surface area contributed by atoms with Crippen LogP contribution in [0.4, 0.5) is 0 Å². The van der Waals surface area contributed by atoms with Gasteiger partial charge in [-0.05, 0) is 67.2 Å². The Labute approximate surface area is 161 Å². The van der Waals surface area contributed by atoms with Crippen molar-refractivity contribution in [2.24, 2.45) is 0 Å². The van der Waals surface area contributed by atoms with Crippen molar-refractivity contribution in [2.45, 2.75) is 51.5 Å². The summed E-state index contributed by atoms with van der Waals surface area (Å²) in [5, 5.41) is 3.44. The zero-order valence-electron chi connectivity index (χ0n) is 16.1. The van der Waals surface area contributed by atoms with E-state index in [0.717, 1.165) is 76.1 Å². The Morgan fingerprint density at radius 2 is 1.59 bits per heavy atom. The highest BCUT2D eigenvalue weighted by atomic mass is 16.1. The fourth-order valence-corrected chi connectivity index (χ4v) is 5.27. The third-order valence-electron chi connectivity index (χ3n) is 6.65. The number of nitrogens with zero attached hydrogens (tertiary/aromatic N) is 1. The number of aromatic nitrogens is 1. The van der Waals surface area contributed by atoms with Crippen molar-refractivity contribution in [2.75, 3.05) is 26.2 Å². The van der Waals surface area contributed by atoms with Gasteiger partial charge in [0.05, 0.1) is 5.69 Å². The zero-order chi connectivity index (χ0) is 18.2. The van der Waals surface area contributed by atoms with Crippen molar-refractivity contribution in [3.8, 4) is 11.3 Å². The highest BCUT2D eigenvalue weighted by Gasteiger charge is 2.25. The Balaban J connectivity index is 1.60. The average molecular weight is 364 g/mol.